The van der Waals surface area contributed by atoms with E-state index in [1.807, 2.05) is 6.92 Å². The smallest absolute Gasteiger partial charge is 0.240 e. The molecule has 0 unspecified atom stereocenters. The average Bonchev–Trinajstić information content (AvgIpc) is 2.73. The van der Waals surface area contributed by atoms with Crippen molar-refractivity contribution in [3.8, 4) is 5.75 Å². The molecule has 1 heterocycles. The molecule has 0 bridgehead atoms. The first-order valence-corrected chi connectivity index (χ1v) is 10.6. The molecule has 3 N–H and O–H groups in total. The maximum Gasteiger partial charge on any atom is 0.240 e. The second-order valence-corrected chi connectivity index (χ2v) is 8.12. The van der Waals surface area contributed by atoms with Gasteiger partial charge in [0.1, 0.15) is 17.4 Å². The largest absolute Gasteiger partial charge is 0.497 e. The summed E-state index contributed by atoms with van der Waals surface area (Å²) in [5, 5.41) is 6.07. The van der Waals surface area contributed by atoms with Crippen LogP contribution in [0.4, 0.5) is 21.8 Å². The quantitative estimate of drug-likeness (QED) is 0.447. The van der Waals surface area contributed by atoms with Crippen molar-refractivity contribution in [2.75, 3.05) is 30.8 Å². The number of halogens is 1. The highest BCUT2D eigenvalue weighted by Gasteiger charge is 2.13. The van der Waals surface area contributed by atoms with Crippen molar-refractivity contribution < 1.29 is 17.5 Å². The van der Waals surface area contributed by atoms with Crippen molar-refractivity contribution in [3.05, 3.63) is 66.1 Å². The molecule has 158 valence electrons. The van der Waals surface area contributed by atoms with Gasteiger partial charge in [0.15, 0.2) is 0 Å². The van der Waals surface area contributed by atoms with Crippen LogP contribution in [-0.2, 0) is 10.0 Å². The second-order valence-electron chi connectivity index (χ2n) is 6.35. The fourth-order valence-electron chi connectivity index (χ4n) is 2.59. The molecule has 3 rings (SSSR count). The highest BCUT2D eigenvalue weighted by atomic mass is 32.2. The number of aryl methyl sites for hydroxylation is 1. The lowest BCUT2D eigenvalue weighted by Crippen LogP contribution is -2.29. The van der Waals surface area contributed by atoms with Crippen LogP contribution in [-0.4, -0.2) is 38.6 Å². The predicted octanol–water partition coefficient (Wildman–Crippen LogP) is 3.07. The van der Waals surface area contributed by atoms with Gasteiger partial charge in [0.2, 0.25) is 16.0 Å². The molecule has 10 heteroatoms. The van der Waals surface area contributed by atoms with Crippen molar-refractivity contribution in [1.29, 1.82) is 0 Å². The first kappa shape index (κ1) is 21.5. The molecule has 0 saturated heterocycles. The van der Waals surface area contributed by atoms with E-state index in [9.17, 15) is 12.8 Å². The fourth-order valence-corrected chi connectivity index (χ4v) is 3.62. The molecule has 1 aromatic heterocycles. The zero-order valence-electron chi connectivity index (χ0n) is 16.5. The Morgan fingerprint density at radius 3 is 2.37 bits per heavy atom. The third-order valence-corrected chi connectivity index (χ3v) is 5.52. The maximum absolute atomic E-state index is 13.0. The van der Waals surface area contributed by atoms with Crippen molar-refractivity contribution >= 4 is 27.5 Å². The van der Waals surface area contributed by atoms with Gasteiger partial charge in [-0.15, -0.1) is 0 Å². The molecule has 3 aromatic rings. The Morgan fingerprint density at radius 2 is 1.70 bits per heavy atom. The van der Waals surface area contributed by atoms with Crippen molar-refractivity contribution in [1.82, 2.24) is 14.7 Å². The van der Waals surface area contributed by atoms with Gasteiger partial charge in [0, 0.05) is 30.5 Å². The number of rotatable bonds is 9. The van der Waals surface area contributed by atoms with Crippen LogP contribution < -0.4 is 20.1 Å². The zero-order valence-corrected chi connectivity index (χ0v) is 17.3. The molecule has 8 nitrogen and oxygen atoms in total. The number of hydrogen-bond donors (Lipinski definition) is 3. The first-order chi connectivity index (χ1) is 14.4. The molecular weight excluding hydrogens is 409 g/mol. The summed E-state index contributed by atoms with van der Waals surface area (Å²) in [4.78, 5) is 8.79. The summed E-state index contributed by atoms with van der Waals surface area (Å²) in [6.07, 6.45) is 0. The molecule has 0 saturated carbocycles. The number of nitrogens with zero attached hydrogens (tertiary/aromatic N) is 2. The highest BCUT2D eigenvalue weighted by Crippen LogP contribution is 2.17. The fraction of sp³-hybridized carbons (Fsp3) is 0.200. The van der Waals surface area contributed by atoms with Gasteiger partial charge in [0.25, 0.3) is 0 Å². The van der Waals surface area contributed by atoms with Gasteiger partial charge in [-0.3, -0.25) is 0 Å². The monoisotopic (exact) mass is 431 g/mol. The Balaban J connectivity index is 1.56. The normalized spacial score (nSPS) is 11.2. The minimum atomic E-state index is -3.63. The van der Waals surface area contributed by atoms with Gasteiger partial charge in [-0.05, 0) is 55.5 Å². The highest BCUT2D eigenvalue weighted by molar-refractivity contribution is 7.89. The van der Waals surface area contributed by atoms with Gasteiger partial charge in [-0.1, -0.05) is 0 Å². The van der Waals surface area contributed by atoms with Gasteiger partial charge in [-0.2, -0.15) is 4.98 Å². The van der Waals surface area contributed by atoms with Gasteiger partial charge in [-0.25, -0.2) is 22.5 Å². The standard InChI is InChI=1S/C20H22FN5O3S/c1-14-13-19(25-16-5-3-15(21)4-6-16)26-20(24-14)22-11-12-23-30(27,28)18-9-7-17(29-2)8-10-18/h3-10,13,23H,11-12H2,1-2H3,(H2,22,24,25,26). The van der Waals surface area contributed by atoms with E-state index < -0.39 is 10.0 Å². The molecule has 2 aromatic carbocycles. The second kappa shape index (κ2) is 9.51. The molecular formula is C20H22FN5O3S. The van der Waals surface area contributed by atoms with Crippen molar-refractivity contribution in [3.63, 3.8) is 0 Å². The van der Waals surface area contributed by atoms with E-state index in [1.54, 1.807) is 30.3 Å². The molecule has 0 aliphatic heterocycles. The number of sulfonamides is 1. The topological polar surface area (TPSA) is 105 Å². The van der Waals surface area contributed by atoms with E-state index in [0.717, 1.165) is 5.69 Å². The Hall–Kier alpha value is -3.24. The molecule has 30 heavy (non-hydrogen) atoms. The first-order valence-electron chi connectivity index (χ1n) is 9.11. The zero-order chi connectivity index (χ0) is 21.6. The summed E-state index contributed by atoms with van der Waals surface area (Å²) < 4.78 is 45.2. The average molecular weight is 431 g/mol. The molecule has 0 aliphatic rings. The van der Waals surface area contributed by atoms with E-state index in [-0.39, 0.29) is 23.8 Å². The van der Waals surface area contributed by atoms with Crippen molar-refractivity contribution in [2.45, 2.75) is 11.8 Å². The van der Waals surface area contributed by atoms with Crippen molar-refractivity contribution in [2.24, 2.45) is 0 Å². The van der Waals surface area contributed by atoms with E-state index in [1.165, 1.54) is 31.4 Å². The van der Waals surface area contributed by atoms with Gasteiger partial charge >= 0.3 is 0 Å². The van der Waals surface area contributed by atoms with Crippen LogP contribution in [0.15, 0.2) is 59.5 Å². The van der Waals surface area contributed by atoms with Crippen LogP contribution in [0.2, 0.25) is 0 Å². The lowest BCUT2D eigenvalue weighted by molar-refractivity contribution is 0.414. The molecule has 0 radical (unpaired) electrons. The summed E-state index contributed by atoms with van der Waals surface area (Å²) in [5.41, 5.74) is 1.41. The number of anilines is 3. The van der Waals surface area contributed by atoms with Gasteiger partial charge < -0.3 is 15.4 Å². The number of hydrogen-bond acceptors (Lipinski definition) is 7. The van der Waals surface area contributed by atoms with Crippen LogP contribution >= 0.6 is 0 Å². The van der Waals surface area contributed by atoms with E-state index in [4.69, 9.17) is 4.74 Å². The molecule has 0 amide bonds. The Morgan fingerprint density at radius 1 is 1.00 bits per heavy atom. The summed E-state index contributed by atoms with van der Waals surface area (Å²) in [6.45, 7) is 2.25. The number of methoxy groups -OCH3 is 1. The predicted molar refractivity (Wildman–Crippen MR) is 113 cm³/mol. The summed E-state index contributed by atoms with van der Waals surface area (Å²) in [6, 6.07) is 13.8. The third-order valence-electron chi connectivity index (χ3n) is 4.04. The minimum absolute atomic E-state index is 0.145. The Labute approximate surface area is 174 Å². The maximum atomic E-state index is 13.0. The molecule has 0 spiro atoms. The SMILES string of the molecule is COc1ccc(S(=O)(=O)NCCNc2nc(C)cc(Nc3ccc(F)cc3)n2)cc1. The number of aromatic nitrogens is 2. The van der Waals surface area contributed by atoms with Crippen LogP contribution in [0.5, 0.6) is 5.75 Å². The van der Waals surface area contributed by atoms with E-state index >= 15 is 0 Å². The van der Waals surface area contributed by atoms with E-state index in [0.29, 0.717) is 23.2 Å². The van der Waals surface area contributed by atoms with Crippen LogP contribution in [0, 0.1) is 12.7 Å². The lowest BCUT2D eigenvalue weighted by atomic mass is 10.3. The van der Waals surface area contributed by atoms with Crippen LogP contribution in [0.3, 0.4) is 0 Å². The Bertz CT molecular complexity index is 1090. The Kier molecular flexibility index (Phi) is 6.80. The van der Waals surface area contributed by atoms with Gasteiger partial charge in [0.05, 0.1) is 12.0 Å². The molecule has 0 atom stereocenters. The van der Waals surface area contributed by atoms with Crippen LogP contribution in [0.1, 0.15) is 5.69 Å². The third kappa shape index (κ3) is 5.88. The summed E-state index contributed by atoms with van der Waals surface area (Å²) >= 11 is 0. The molecule has 0 aliphatic carbocycles. The number of benzene rings is 2. The molecule has 0 fully saturated rings. The van der Waals surface area contributed by atoms with Crippen LogP contribution in [0.25, 0.3) is 0 Å². The minimum Gasteiger partial charge on any atom is -0.497 e. The summed E-state index contributed by atoms with van der Waals surface area (Å²) in [7, 11) is -2.11. The van der Waals surface area contributed by atoms with E-state index in [2.05, 4.69) is 25.3 Å². The lowest BCUT2D eigenvalue weighted by Gasteiger charge is -2.11. The number of nitrogens with one attached hydrogen (secondary N) is 3. The number of ether oxygens (including phenoxy) is 1. The summed E-state index contributed by atoms with van der Waals surface area (Å²) in [5.74, 6) is 1.15.